The molecule has 0 spiro atoms. The second-order valence-electron chi connectivity index (χ2n) is 6.30. The normalized spacial score (nSPS) is 18.9. The number of ether oxygens (including phenoxy) is 1. The fourth-order valence-corrected chi connectivity index (χ4v) is 3.38. The van der Waals surface area contributed by atoms with Gasteiger partial charge in [-0.1, -0.05) is 57.2 Å². The third-order valence-corrected chi connectivity index (χ3v) is 4.72. The van der Waals surface area contributed by atoms with Crippen LogP contribution in [0.4, 0.5) is 0 Å². The van der Waals surface area contributed by atoms with Crippen molar-refractivity contribution in [2.24, 2.45) is 0 Å². The molecule has 2 unspecified atom stereocenters. The Balaban J connectivity index is 1.82. The number of unbranched alkanes of at least 4 members (excludes halogenated alkanes) is 4. The number of para-hydroxylation sites is 1. The quantitative estimate of drug-likeness (QED) is 0.653. The minimum absolute atomic E-state index is 0.641. The summed E-state index contributed by atoms with van der Waals surface area (Å²) in [6.07, 6.45) is 10.6. The SMILES string of the molecule is CCCCCCCC(CC1CCOc2ccccc21)NC. The monoisotopic (exact) mass is 289 g/mol. The van der Waals surface area contributed by atoms with Gasteiger partial charge in [-0.15, -0.1) is 0 Å². The minimum Gasteiger partial charge on any atom is -0.493 e. The average Bonchev–Trinajstić information content (AvgIpc) is 2.53. The van der Waals surface area contributed by atoms with Crippen LogP contribution in [0.2, 0.25) is 0 Å². The summed E-state index contributed by atoms with van der Waals surface area (Å²) in [5.74, 6) is 1.76. The van der Waals surface area contributed by atoms with Crippen LogP contribution < -0.4 is 10.1 Å². The van der Waals surface area contributed by atoms with Gasteiger partial charge in [-0.2, -0.15) is 0 Å². The molecule has 1 heterocycles. The van der Waals surface area contributed by atoms with Crippen LogP contribution in [0.3, 0.4) is 0 Å². The van der Waals surface area contributed by atoms with Crippen molar-refractivity contribution in [3.8, 4) is 5.75 Å². The summed E-state index contributed by atoms with van der Waals surface area (Å²) < 4.78 is 5.77. The predicted octanol–water partition coefficient (Wildman–Crippen LogP) is 4.89. The van der Waals surface area contributed by atoms with Crippen LogP contribution in [-0.2, 0) is 0 Å². The van der Waals surface area contributed by atoms with Crippen molar-refractivity contribution in [2.75, 3.05) is 13.7 Å². The average molecular weight is 289 g/mol. The van der Waals surface area contributed by atoms with E-state index in [0.29, 0.717) is 12.0 Å². The minimum atomic E-state index is 0.641. The van der Waals surface area contributed by atoms with E-state index >= 15 is 0 Å². The predicted molar refractivity (Wildman–Crippen MR) is 90.1 cm³/mol. The van der Waals surface area contributed by atoms with E-state index in [1.165, 1.54) is 50.5 Å². The molecule has 1 aromatic carbocycles. The Morgan fingerprint density at radius 3 is 2.81 bits per heavy atom. The van der Waals surface area contributed by atoms with Crippen molar-refractivity contribution in [1.82, 2.24) is 5.32 Å². The van der Waals surface area contributed by atoms with Gasteiger partial charge < -0.3 is 10.1 Å². The molecular weight excluding hydrogens is 258 g/mol. The Labute approximate surface area is 130 Å². The van der Waals surface area contributed by atoms with Crippen LogP contribution in [0.15, 0.2) is 24.3 Å². The number of benzene rings is 1. The Morgan fingerprint density at radius 2 is 2.00 bits per heavy atom. The summed E-state index contributed by atoms with van der Waals surface area (Å²) in [7, 11) is 2.11. The van der Waals surface area contributed by atoms with Gasteiger partial charge in [0.1, 0.15) is 5.75 Å². The van der Waals surface area contributed by atoms with Gasteiger partial charge in [-0.05, 0) is 43.9 Å². The lowest BCUT2D eigenvalue weighted by Gasteiger charge is -2.29. The van der Waals surface area contributed by atoms with Gasteiger partial charge in [-0.25, -0.2) is 0 Å². The molecule has 1 aliphatic rings. The topological polar surface area (TPSA) is 21.3 Å². The molecule has 2 atom stereocenters. The first-order chi connectivity index (χ1) is 10.3. The molecule has 21 heavy (non-hydrogen) atoms. The summed E-state index contributed by atoms with van der Waals surface area (Å²) >= 11 is 0. The van der Waals surface area contributed by atoms with Crippen LogP contribution in [0.25, 0.3) is 0 Å². The number of rotatable bonds is 9. The first kappa shape index (κ1) is 16.4. The number of hydrogen-bond donors (Lipinski definition) is 1. The van der Waals surface area contributed by atoms with Crippen LogP contribution in [0, 0.1) is 0 Å². The lowest BCUT2D eigenvalue weighted by Crippen LogP contribution is -2.29. The smallest absolute Gasteiger partial charge is 0.122 e. The van der Waals surface area contributed by atoms with E-state index < -0.39 is 0 Å². The van der Waals surface area contributed by atoms with Gasteiger partial charge in [-0.3, -0.25) is 0 Å². The van der Waals surface area contributed by atoms with E-state index in [4.69, 9.17) is 4.74 Å². The van der Waals surface area contributed by atoms with Crippen LogP contribution in [0.5, 0.6) is 5.75 Å². The summed E-state index contributed by atoms with van der Waals surface area (Å²) in [6, 6.07) is 9.21. The van der Waals surface area contributed by atoms with Crippen LogP contribution in [-0.4, -0.2) is 19.7 Å². The first-order valence-electron chi connectivity index (χ1n) is 8.74. The molecule has 1 N–H and O–H groups in total. The Bertz CT molecular complexity index is 404. The Hall–Kier alpha value is -1.02. The van der Waals surface area contributed by atoms with E-state index in [-0.39, 0.29) is 0 Å². The Morgan fingerprint density at radius 1 is 1.19 bits per heavy atom. The van der Waals surface area contributed by atoms with E-state index in [1.807, 2.05) is 0 Å². The summed E-state index contributed by atoms with van der Waals surface area (Å²) in [5, 5.41) is 3.53. The third-order valence-electron chi connectivity index (χ3n) is 4.72. The molecular formula is C19H31NO. The molecule has 0 fully saturated rings. The molecule has 1 aliphatic heterocycles. The zero-order valence-corrected chi connectivity index (χ0v) is 13.7. The van der Waals surface area contributed by atoms with Gasteiger partial charge in [0.2, 0.25) is 0 Å². The van der Waals surface area contributed by atoms with E-state index in [0.717, 1.165) is 18.8 Å². The highest BCUT2D eigenvalue weighted by Gasteiger charge is 2.23. The van der Waals surface area contributed by atoms with Crippen molar-refractivity contribution in [2.45, 2.75) is 70.3 Å². The van der Waals surface area contributed by atoms with Crippen molar-refractivity contribution in [3.05, 3.63) is 29.8 Å². The van der Waals surface area contributed by atoms with E-state index in [1.54, 1.807) is 0 Å². The zero-order valence-electron chi connectivity index (χ0n) is 13.7. The first-order valence-corrected chi connectivity index (χ1v) is 8.74. The number of fused-ring (bicyclic) bond motifs is 1. The fourth-order valence-electron chi connectivity index (χ4n) is 3.38. The number of hydrogen-bond acceptors (Lipinski definition) is 2. The maximum atomic E-state index is 5.77. The molecule has 0 bridgehead atoms. The second kappa shape index (κ2) is 9.09. The van der Waals surface area contributed by atoms with Gasteiger partial charge in [0.05, 0.1) is 6.61 Å². The second-order valence-corrected chi connectivity index (χ2v) is 6.30. The van der Waals surface area contributed by atoms with Gasteiger partial charge in [0.25, 0.3) is 0 Å². The maximum Gasteiger partial charge on any atom is 0.122 e. The lowest BCUT2D eigenvalue weighted by molar-refractivity contribution is 0.254. The molecule has 0 saturated carbocycles. The Kier molecular flexibility index (Phi) is 7.08. The largest absolute Gasteiger partial charge is 0.493 e. The van der Waals surface area contributed by atoms with Gasteiger partial charge >= 0.3 is 0 Å². The van der Waals surface area contributed by atoms with Crippen LogP contribution >= 0.6 is 0 Å². The van der Waals surface area contributed by atoms with Gasteiger partial charge in [0.15, 0.2) is 0 Å². The molecule has 118 valence electrons. The summed E-state index contributed by atoms with van der Waals surface area (Å²) in [6.45, 7) is 3.15. The van der Waals surface area contributed by atoms with Crippen LogP contribution in [0.1, 0.15) is 69.8 Å². The molecule has 2 rings (SSSR count). The number of nitrogens with one attached hydrogen (secondary N) is 1. The molecule has 0 amide bonds. The highest BCUT2D eigenvalue weighted by Crippen LogP contribution is 2.36. The fraction of sp³-hybridized carbons (Fsp3) is 0.684. The van der Waals surface area contributed by atoms with E-state index in [2.05, 4.69) is 43.6 Å². The van der Waals surface area contributed by atoms with E-state index in [9.17, 15) is 0 Å². The molecule has 0 aliphatic carbocycles. The molecule has 0 aromatic heterocycles. The highest BCUT2D eigenvalue weighted by molar-refractivity contribution is 5.37. The van der Waals surface area contributed by atoms with Crippen molar-refractivity contribution >= 4 is 0 Å². The molecule has 2 nitrogen and oxygen atoms in total. The van der Waals surface area contributed by atoms with Crippen molar-refractivity contribution in [1.29, 1.82) is 0 Å². The lowest BCUT2D eigenvalue weighted by atomic mass is 9.86. The molecule has 0 saturated heterocycles. The summed E-state index contributed by atoms with van der Waals surface area (Å²) in [5.41, 5.74) is 1.41. The standard InChI is InChI=1S/C19H31NO/c1-3-4-5-6-7-10-17(20-2)15-16-13-14-21-19-12-9-8-11-18(16)19/h8-9,11-12,16-17,20H,3-7,10,13-15H2,1-2H3. The summed E-state index contributed by atoms with van der Waals surface area (Å²) in [4.78, 5) is 0. The zero-order chi connectivity index (χ0) is 14.9. The van der Waals surface area contributed by atoms with Crippen molar-refractivity contribution < 1.29 is 4.74 Å². The van der Waals surface area contributed by atoms with Crippen molar-refractivity contribution in [3.63, 3.8) is 0 Å². The van der Waals surface area contributed by atoms with Gasteiger partial charge in [0, 0.05) is 6.04 Å². The molecule has 1 aromatic rings. The molecule has 2 heteroatoms. The molecule has 0 radical (unpaired) electrons. The third kappa shape index (κ3) is 5.03. The highest BCUT2D eigenvalue weighted by atomic mass is 16.5. The maximum absolute atomic E-state index is 5.77.